The number of amides is 1. The van der Waals surface area contributed by atoms with Gasteiger partial charge in [-0.05, 0) is 31.8 Å². The second kappa shape index (κ2) is 5.49. The molecule has 7 nitrogen and oxygen atoms in total. The molecule has 0 saturated carbocycles. The predicted molar refractivity (Wildman–Crippen MR) is 72.6 cm³/mol. The first-order valence-electron chi connectivity index (χ1n) is 5.77. The van der Waals surface area contributed by atoms with Gasteiger partial charge in [-0.3, -0.25) is 9.89 Å². The molecule has 4 N–H and O–H groups in total. The molecule has 1 amide bonds. The van der Waals surface area contributed by atoms with E-state index in [1.54, 1.807) is 0 Å². The van der Waals surface area contributed by atoms with Crippen LogP contribution in [0.3, 0.4) is 0 Å². The second-order valence-electron chi connectivity index (χ2n) is 4.43. The first kappa shape index (κ1) is 13.0. The summed E-state index contributed by atoms with van der Waals surface area (Å²) in [7, 11) is 4.01. The van der Waals surface area contributed by atoms with E-state index in [0.717, 1.165) is 6.54 Å². The van der Waals surface area contributed by atoms with E-state index in [9.17, 15) is 4.79 Å². The molecule has 2 rings (SSSR count). The topological polar surface area (TPSA) is 99.9 Å². The highest BCUT2D eigenvalue weighted by Gasteiger charge is 2.10. The van der Waals surface area contributed by atoms with E-state index in [-0.39, 0.29) is 17.7 Å². The lowest BCUT2D eigenvalue weighted by molar-refractivity contribution is 0.101. The zero-order valence-corrected chi connectivity index (χ0v) is 10.8. The lowest BCUT2D eigenvalue weighted by Crippen LogP contribution is -2.14. The molecule has 0 spiro atoms. The van der Waals surface area contributed by atoms with Crippen LogP contribution in [0.5, 0.6) is 0 Å². The summed E-state index contributed by atoms with van der Waals surface area (Å²) in [6.07, 6.45) is 0. The molecule has 100 valence electrons. The van der Waals surface area contributed by atoms with E-state index in [4.69, 9.17) is 5.73 Å². The van der Waals surface area contributed by atoms with Gasteiger partial charge in [0.05, 0.1) is 0 Å². The highest BCUT2D eigenvalue weighted by Crippen LogP contribution is 2.11. The van der Waals surface area contributed by atoms with Crippen molar-refractivity contribution in [2.45, 2.75) is 6.54 Å². The number of carbonyl (C=O) groups excluding carboxylic acids is 1. The minimum atomic E-state index is -0.371. The summed E-state index contributed by atoms with van der Waals surface area (Å²) in [5.74, 6) is -0.231. The van der Waals surface area contributed by atoms with Crippen LogP contribution in [0.2, 0.25) is 0 Å². The molecule has 0 atom stereocenters. The maximum atomic E-state index is 11.8. The fourth-order valence-corrected chi connectivity index (χ4v) is 1.63. The van der Waals surface area contributed by atoms with Crippen LogP contribution in [0.4, 0.5) is 11.6 Å². The molecule has 0 aliphatic rings. The standard InChI is InChI=1S/C12H16N6O/c1-18(2)7-8-3-5-9(6-4-8)14-11(19)10-15-12(13)17-16-10/h3-6H,7H2,1-2H3,(H,14,19)(H3,13,15,16,17). The average Bonchev–Trinajstić information content (AvgIpc) is 2.78. The number of nitrogens with one attached hydrogen (secondary N) is 2. The van der Waals surface area contributed by atoms with Crippen molar-refractivity contribution in [1.82, 2.24) is 20.1 Å². The van der Waals surface area contributed by atoms with Crippen LogP contribution in [0.25, 0.3) is 0 Å². The van der Waals surface area contributed by atoms with Crippen molar-refractivity contribution >= 4 is 17.5 Å². The van der Waals surface area contributed by atoms with Crippen LogP contribution in [-0.4, -0.2) is 40.1 Å². The summed E-state index contributed by atoms with van der Waals surface area (Å²) in [5, 5.41) is 8.77. The van der Waals surface area contributed by atoms with Gasteiger partial charge in [0.1, 0.15) is 0 Å². The van der Waals surface area contributed by atoms with Gasteiger partial charge in [0, 0.05) is 12.2 Å². The molecule has 19 heavy (non-hydrogen) atoms. The third kappa shape index (κ3) is 3.52. The Morgan fingerprint density at radius 2 is 2.05 bits per heavy atom. The summed E-state index contributed by atoms with van der Waals surface area (Å²) in [4.78, 5) is 17.6. The van der Waals surface area contributed by atoms with Crippen molar-refractivity contribution in [2.24, 2.45) is 0 Å². The Morgan fingerprint density at radius 3 is 2.58 bits per heavy atom. The summed E-state index contributed by atoms with van der Waals surface area (Å²) >= 11 is 0. The number of nitrogens with two attached hydrogens (primary N) is 1. The molecule has 0 fully saturated rings. The molecule has 2 aromatic rings. The number of carbonyl (C=O) groups is 1. The molecule has 0 radical (unpaired) electrons. The number of aromatic amines is 1. The minimum Gasteiger partial charge on any atom is -0.366 e. The smallest absolute Gasteiger partial charge is 0.293 e. The molecule has 1 aromatic heterocycles. The zero-order chi connectivity index (χ0) is 13.8. The van der Waals surface area contributed by atoms with Gasteiger partial charge in [-0.25, -0.2) is 0 Å². The van der Waals surface area contributed by atoms with Gasteiger partial charge in [0.25, 0.3) is 5.91 Å². The van der Waals surface area contributed by atoms with Crippen molar-refractivity contribution in [2.75, 3.05) is 25.1 Å². The Bertz CT molecular complexity index is 560. The highest BCUT2D eigenvalue weighted by molar-refractivity contribution is 6.01. The van der Waals surface area contributed by atoms with Crippen LogP contribution in [0.15, 0.2) is 24.3 Å². The lowest BCUT2D eigenvalue weighted by atomic mass is 10.2. The van der Waals surface area contributed by atoms with E-state index < -0.39 is 0 Å². The van der Waals surface area contributed by atoms with Crippen LogP contribution < -0.4 is 11.1 Å². The van der Waals surface area contributed by atoms with E-state index >= 15 is 0 Å². The van der Waals surface area contributed by atoms with Gasteiger partial charge in [-0.1, -0.05) is 12.1 Å². The summed E-state index contributed by atoms with van der Waals surface area (Å²) in [5.41, 5.74) is 7.21. The number of nitrogens with zero attached hydrogens (tertiary/aromatic N) is 3. The van der Waals surface area contributed by atoms with Crippen molar-refractivity contribution in [3.63, 3.8) is 0 Å². The summed E-state index contributed by atoms with van der Waals surface area (Å²) in [6.45, 7) is 0.854. The Labute approximate surface area is 110 Å². The fourth-order valence-electron chi connectivity index (χ4n) is 1.63. The van der Waals surface area contributed by atoms with Crippen LogP contribution in [0.1, 0.15) is 16.2 Å². The van der Waals surface area contributed by atoms with Gasteiger partial charge < -0.3 is 16.0 Å². The predicted octanol–water partition coefficient (Wildman–Crippen LogP) is 0.701. The molecule has 1 heterocycles. The van der Waals surface area contributed by atoms with Gasteiger partial charge >= 0.3 is 0 Å². The summed E-state index contributed by atoms with van der Waals surface area (Å²) < 4.78 is 0. The number of anilines is 2. The van der Waals surface area contributed by atoms with Crippen molar-refractivity contribution in [3.05, 3.63) is 35.7 Å². The van der Waals surface area contributed by atoms with E-state index in [2.05, 4.69) is 25.4 Å². The minimum absolute atomic E-state index is 0.0477. The maximum absolute atomic E-state index is 11.8. The molecule has 0 unspecified atom stereocenters. The molecular formula is C12H16N6O. The third-order valence-electron chi connectivity index (χ3n) is 2.43. The number of benzene rings is 1. The van der Waals surface area contributed by atoms with Crippen LogP contribution >= 0.6 is 0 Å². The average molecular weight is 260 g/mol. The normalized spacial score (nSPS) is 10.7. The van der Waals surface area contributed by atoms with Crippen LogP contribution in [0, 0.1) is 0 Å². The third-order valence-corrected chi connectivity index (χ3v) is 2.43. The van der Waals surface area contributed by atoms with Gasteiger partial charge in [-0.15, -0.1) is 5.10 Å². The Morgan fingerprint density at radius 1 is 1.37 bits per heavy atom. The molecule has 0 bridgehead atoms. The number of nitrogen functional groups attached to an aromatic ring is 1. The monoisotopic (exact) mass is 260 g/mol. The van der Waals surface area contributed by atoms with Crippen LogP contribution in [-0.2, 0) is 6.54 Å². The van der Waals surface area contributed by atoms with Gasteiger partial charge in [0.15, 0.2) is 0 Å². The largest absolute Gasteiger partial charge is 0.366 e. The first-order chi connectivity index (χ1) is 9.04. The first-order valence-corrected chi connectivity index (χ1v) is 5.77. The Kier molecular flexibility index (Phi) is 3.76. The molecule has 7 heteroatoms. The van der Waals surface area contributed by atoms with E-state index in [0.29, 0.717) is 5.69 Å². The van der Waals surface area contributed by atoms with E-state index in [1.165, 1.54) is 5.56 Å². The SMILES string of the molecule is CN(C)Cc1ccc(NC(=O)c2nc(N)n[nH]2)cc1. The molecule has 0 aliphatic heterocycles. The molecule has 0 aliphatic carbocycles. The maximum Gasteiger partial charge on any atom is 0.293 e. The molecule has 0 saturated heterocycles. The fraction of sp³-hybridized carbons (Fsp3) is 0.250. The molecular weight excluding hydrogens is 244 g/mol. The van der Waals surface area contributed by atoms with Gasteiger partial charge in [0.2, 0.25) is 11.8 Å². The number of hydrogen-bond donors (Lipinski definition) is 3. The Hall–Kier alpha value is -2.41. The lowest BCUT2D eigenvalue weighted by Gasteiger charge is -2.10. The highest BCUT2D eigenvalue weighted by atomic mass is 16.2. The van der Waals surface area contributed by atoms with Crippen molar-refractivity contribution in [3.8, 4) is 0 Å². The van der Waals surface area contributed by atoms with Crippen molar-refractivity contribution in [1.29, 1.82) is 0 Å². The number of H-pyrrole nitrogens is 1. The number of aromatic nitrogens is 3. The van der Waals surface area contributed by atoms with E-state index in [1.807, 2.05) is 38.4 Å². The van der Waals surface area contributed by atoms with Gasteiger partial charge in [-0.2, -0.15) is 4.98 Å². The van der Waals surface area contributed by atoms with Crippen molar-refractivity contribution < 1.29 is 4.79 Å². The number of rotatable bonds is 4. The second-order valence-corrected chi connectivity index (χ2v) is 4.43. The zero-order valence-electron chi connectivity index (χ0n) is 10.8. The number of hydrogen-bond acceptors (Lipinski definition) is 5. The molecule has 1 aromatic carbocycles. The Balaban J connectivity index is 2.01. The summed E-state index contributed by atoms with van der Waals surface area (Å²) in [6, 6.07) is 7.61. The quantitative estimate of drug-likeness (QED) is 0.751.